The molecule has 0 spiro atoms. The lowest BCUT2D eigenvalue weighted by Crippen LogP contribution is -1.99. The van der Waals surface area contributed by atoms with Gasteiger partial charge in [-0.15, -0.1) is 0 Å². The van der Waals surface area contributed by atoms with E-state index in [-0.39, 0.29) is 5.56 Å². The van der Waals surface area contributed by atoms with Crippen LogP contribution in [0, 0.1) is 25.5 Å². The number of nitrogens with one attached hydrogen (secondary N) is 1. The number of hydrogen-bond donors (Lipinski definition) is 1. The van der Waals surface area contributed by atoms with Gasteiger partial charge in [-0.05, 0) is 65.1 Å². The lowest BCUT2D eigenvalue weighted by atomic mass is 10.1. The van der Waals surface area contributed by atoms with Gasteiger partial charge in [-0.3, -0.25) is 4.57 Å². The number of benzene rings is 2. The fourth-order valence-corrected chi connectivity index (χ4v) is 2.93. The molecule has 0 aliphatic carbocycles. The molecule has 1 heterocycles. The molecular weight excluding hydrogens is 388 g/mol. The second-order valence-corrected chi connectivity index (χ2v) is 5.81. The summed E-state index contributed by atoms with van der Waals surface area (Å²) in [5, 5.41) is 9.16. The first kappa shape index (κ1) is 13.3. The predicted molar refractivity (Wildman–Crippen MR) is 85.8 cm³/mol. The topological polar surface area (TPSA) is 44.5 Å². The fourth-order valence-electron chi connectivity index (χ4n) is 2.13. The lowest BCUT2D eigenvalue weighted by molar-refractivity contribution is 0.622. The van der Waals surface area contributed by atoms with Gasteiger partial charge >= 0.3 is 0 Å². The predicted octanol–water partition coefficient (Wildman–Crippen LogP) is 4.30. The average molecular weight is 395 g/mol. The summed E-state index contributed by atoms with van der Waals surface area (Å²) in [7, 11) is 0. The van der Waals surface area contributed by atoms with Crippen LogP contribution < -0.4 is 0 Å². The van der Waals surface area contributed by atoms with Gasteiger partial charge in [0.2, 0.25) is 0 Å². The van der Waals surface area contributed by atoms with Crippen molar-refractivity contribution >= 4 is 45.8 Å². The molecule has 0 saturated carbocycles. The molecular formula is C14H7FIN3S. The highest BCUT2D eigenvalue weighted by Crippen LogP contribution is 2.24. The molecule has 1 aromatic heterocycles. The van der Waals surface area contributed by atoms with Gasteiger partial charge < -0.3 is 4.98 Å². The van der Waals surface area contributed by atoms with Gasteiger partial charge in [-0.25, -0.2) is 4.39 Å². The maximum absolute atomic E-state index is 13.8. The monoisotopic (exact) mass is 395 g/mol. The first-order chi connectivity index (χ1) is 9.61. The van der Waals surface area contributed by atoms with Crippen molar-refractivity contribution in [3.63, 3.8) is 0 Å². The molecule has 1 N–H and O–H groups in total. The van der Waals surface area contributed by atoms with Crippen molar-refractivity contribution in [3.8, 4) is 11.8 Å². The number of nitrogens with zero attached hydrogens (tertiary/aromatic N) is 2. The van der Waals surface area contributed by atoms with Crippen LogP contribution in [0.4, 0.5) is 4.39 Å². The Kier molecular flexibility index (Phi) is 3.31. The Hall–Kier alpha value is -1.72. The Balaban J connectivity index is 2.42. The first-order valence-corrected chi connectivity index (χ1v) is 7.20. The summed E-state index contributed by atoms with van der Waals surface area (Å²) in [5.41, 5.74) is 2.11. The zero-order chi connectivity index (χ0) is 14.3. The first-order valence-electron chi connectivity index (χ1n) is 5.71. The van der Waals surface area contributed by atoms with Crippen molar-refractivity contribution in [1.29, 1.82) is 5.26 Å². The van der Waals surface area contributed by atoms with Crippen molar-refractivity contribution in [2.45, 2.75) is 0 Å². The average Bonchev–Trinajstić information content (AvgIpc) is 2.73. The maximum atomic E-state index is 13.8. The largest absolute Gasteiger partial charge is 0.330 e. The molecule has 0 fully saturated rings. The minimum Gasteiger partial charge on any atom is -0.330 e. The van der Waals surface area contributed by atoms with Crippen molar-refractivity contribution in [2.75, 3.05) is 0 Å². The van der Waals surface area contributed by atoms with Crippen molar-refractivity contribution in [2.24, 2.45) is 0 Å². The molecule has 20 heavy (non-hydrogen) atoms. The Morgan fingerprint density at radius 1 is 1.30 bits per heavy atom. The molecule has 3 rings (SSSR count). The van der Waals surface area contributed by atoms with Crippen LogP contribution in [0.1, 0.15) is 5.56 Å². The maximum Gasteiger partial charge on any atom is 0.182 e. The molecule has 0 aliphatic rings. The third kappa shape index (κ3) is 2.03. The quantitative estimate of drug-likeness (QED) is 0.493. The molecule has 0 aliphatic heterocycles. The fraction of sp³-hybridized carbons (Fsp3) is 0. The van der Waals surface area contributed by atoms with Crippen LogP contribution in [-0.4, -0.2) is 9.55 Å². The van der Waals surface area contributed by atoms with Crippen molar-refractivity contribution < 1.29 is 4.39 Å². The summed E-state index contributed by atoms with van der Waals surface area (Å²) in [6, 6.07) is 12.2. The molecule has 0 bridgehead atoms. The van der Waals surface area contributed by atoms with E-state index in [1.54, 1.807) is 16.7 Å². The highest BCUT2D eigenvalue weighted by atomic mass is 127. The summed E-state index contributed by atoms with van der Waals surface area (Å²) in [5.74, 6) is -0.549. The Bertz CT molecular complexity index is 920. The van der Waals surface area contributed by atoms with Gasteiger partial charge in [-0.2, -0.15) is 5.26 Å². The third-order valence-corrected chi connectivity index (χ3v) is 3.94. The van der Waals surface area contributed by atoms with Gasteiger partial charge in [0.25, 0.3) is 0 Å². The van der Waals surface area contributed by atoms with E-state index >= 15 is 0 Å². The SMILES string of the molecule is N#Cc1c(F)cccc1-n1c(=S)[nH]c2cc(I)ccc21. The Morgan fingerprint density at radius 3 is 2.85 bits per heavy atom. The number of halogens is 2. The molecule has 3 aromatic rings. The lowest BCUT2D eigenvalue weighted by Gasteiger charge is -2.07. The van der Waals surface area contributed by atoms with E-state index in [2.05, 4.69) is 27.6 Å². The summed E-state index contributed by atoms with van der Waals surface area (Å²) >= 11 is 7.51. The number of H-pyrrole nitrogens is 1. The second kappa shape index (κ2) is 5.00. The Labute approximate surface area is 132 Å². The molecule has 0 atom stereocenters. The van der Waals surface area contributed by atoms with E-state index in [0.717, 1.165) is 14.6 Å². The summed E-state index contributed by atoms with van der Waals surface area (Å²) in [4.78, 5) is 3.08. The van der Waals surface area contributed by atoms with E-state index in [1.165, 1.54) is 6.07 Å². The number of imidazole rings is 1. The third-order valence-electron chi connectivity index (χ3n) is 2.99. The smallest absolute Gasteiger partial charge is 0.182 e. The van der Waals surface area contributed by atoms with E-state index in [9.17, 15) is 4.39 Å². The van der Waals surface area contributed by atoms with Crippen LogP contribution in [-0.2, 0) is 0 Å². The number of fused-ring (bicyclic) bond motifs is 1. The number of aromatic nitrogens is 2. The van der Waals surface area contributed by atoms with Crippen molar-refractivity contribution in [1.82, 2.24) is 9.55 Å². The second-order valence-electron chi connectivity index (χ2n) is 4.17. The van der Waals surface area contributed by atoms with Crippen LogP contribution in [0.15, 0.2) is 36.4 Å². The van der Waals surface area contributed by atoms with Gasteiger partial charge in [0.05, 0.1) is 16.7 Å². The minimum atomic E-state index is -0.549. The molecule has 6 heteroatoms. The standard InChI is InChI=1S/C14H7FIN3S/c15-10-2-1-3-12(9(10)7-17)19-13-5-4-8(16)6-11(13)18-14(19)20/h1-6H,(H,18,20). The van der Waals surface area contributed by atoms with Gasteiger partial charge in [0.15, 0.2) is 4.77 Å². The molecule has 0 amide bonds. The highest BCUT2D eigenvalue weighted by Gasteiger charge is 2.13. The van der Waals surface area contributed by atoms with E-state index in [0.29, 0.717) is 10.5 Å². The molecule has 2 aromatic carbocycles. The summed E-state index contributed by atoms with van der Waals surface area (Å²) in [6.45, 7) is 0. The molecule has 0 unspecified atom stereocenters. The van der Waals surface area contributed by atoms with E-state index < -0.39 is 5.82 Å². The van der Waals surface area contributed by atoms with Gasteiger partial charge in [0.1, 0.15) is 17.4 Å². The summed E-state index contributed by atoms with van der Waals surface area (Å²) in [6.07, 6.45) is 0. The molecule has 3 nitrogen and oxygen atoms in total. The zero-order valence-electron chi connectivity index (χ0n) is 10.0. The molecule has 98 valence electrons. The van der Waals surface area contributed by atoms with E-state index in [4.69, 9.17) is 17.5 Å². The van der Waals surface area contributed by atoms with Gasteiger partial charge in [-0.1, -0.05) is 6.07 Å². The van der Waals surface area contributed by atoms with Crippen LogP contribution in [0.2, 0.25) is 0 Å². The van der Waals surface area contributed by atoms with Crippen LogP contribution in [0.5, 0.6) is 0 Å². The molecule has 0 radical (unpaired) electrons. The van der Waals surface area contributed by atoms with Crippen LogP contribution >= 0.6 is 34.8 Å². The number of hydrogen-bond acceptors (Lipinski definition) is 2. The van der Waals surface area contributed by atoms with E-state index in [1.807, 2.05) is 24.3 Å². The summed E-state index contributed by atoms with van der Waals surface area (Å²) < 4.78 is 16.9. The minimum absolute atomic E-state index is 0.0111. The number of rotatable bonds is 1. The normalized spacial score (nSPS) is 10.7. The van der Waals surface area contributed by atoms with Crippen molar-refractivity contribution in [3.05, 3.63) is 56.1 Å². The van der Waals surface area contributed by atoms with Crippen LogP contribution in [0.3, 0.4) is 0 Å². The number of nitriles is 1. The number of aromatic amines is 1. The molecule has 0 saturated heterocycles. The highest BCUT2D eigenvalue weighted by molar-refractivity contribution is 14.1. The Morgan fingerprint density at radius 2 is 2.10 bits per heavy atom. The van der Waals surface area contributed by atoms with Crippen LogP contribution in [0.25, 0.3) is 16.7 Å². The van der Waals surface area contributed by atoms with Gasteiger partial charge in [0, 0.05) is 3.57 Å². The zero-order valence-corrected chi connectivity index (χ0v) is 13.0.